The molecule has 1 amide bonds. The Morgan fingerprint density at radius 1 is 1.63 bits per heavy atom. The molecule has 19 heavy (non-hydrogen) atoms. The van der Waals surface area contributed by atoms with E-state index in [-0.39, 0.29) is 17.3 Å². The van der Waals surface area contributed by atoms with E-state index in [4.69, 9.17) is 5.73 Å². The van der Waals surface area contributed by atoms with E-state index in [1.165, 1.54) is 4.31 Å². The number of nitrogens with two attached hydrogens (primary N) is 1. The number of carbonyl (C=O) groups is 1. The van der Waals surface area contributed by atoms with Crippen LogP contribution >= 0.6 is 27.3 Å². The molecule has 0 aliphatic carbocycles. The maximum atomic E-state index is 12.5. The fraction of sp³-hybridized carbons (Fsp3) is 0.500. The number of thiophene rings is 1. The average Bonchev–Trinajstić information content (AvgIpc) is 2.70. The highest BCUT2D eigenvalue weighted by Crippen LogP contribution is 2.33. The van der Waals surface area contributed by atoms with Gasteiger partial charge in [-0.2, -0.15) is 4.31 Å². The van der Waals surface area contributed by atoms with E-state index in [1.54, 1.807) is 6.07 Å². The zero-order chi connectivity index (χ0) is 14.2. The topological polar surface area (TPSA) is 92.5 Å². The van der Waals surface area contributed by atoms with Crippen molar-refractivity contribution in [2.75, 3.05) is 19.6 Å². The summed E-state index contributed by atoms with van der Waals surface area (Å²) in [6.07, 6.45) is 0. The standard InChI is InChI=1S/C10H14BrN3O3S2/c1-6-4-8(18-9(6)11)19(16,17)14-3-2-13-5-7(14)10(12)15/h4,7,13H,2-3,5H2,1H3,(H2,12,15). The quantitative estimate of drug-likeness (QED) is 0.801. The first-order valence-electron chi connectivity index (χ1n) is 5.62. The molecule has 0 spiro atoms. The highest BCUT2D eigenvalue weighted by atomic mass is 79.9. The molecule has 9 heteroatoms. The molecule has 1 aromatic rings. The number of carbonyl (C=O) groups excluding carboxylic acids is 1. The Labute approximate surface area is 124 Å². The van der Waals surface area contributed by atoms with Crippen molar-refractivity contribution in [1.82, 2.24) is 9.62 Å². The van der Waals surface area contributed by atoms with Gasteiger partial charge < -0.3 is 11.1 Å². The molecule has 3 N–H and O–H groups in total. The zero-order valence-corrected chi connectivity index (χ0v) is 13.4. The minimum Gasteiger partial charge on any atom is -0.368 e. The monoisotopic (exact) mass is 367 g/mol. The summed E-state index contributed by atoms with van der Waals surface area (Å²) in [5.41, 5.74) is 6.13. The molecule has 6 nitrogen and oxygen atoms in total. The van der Waals surface area contributed by atoms with Gasteiger partial charge in [-0.1, -0.05) is 0 Å². The Morgan fingerprint density at radius 2 is 2.32 bits per heavy atom. The van der Waals surface area contributed by atoms with Crippen molar-refractivity contribution in [3.63, 3.8) is 0 Å². The fourth-order valence-corrected chi connectivity index (χ4v) is 5.84. The Morgan fingerprint density at radius 3 is 2.84 bits per heavy atom. The van der Waals surface area contributed by atoms with Crippen molar-refractivity contribution in [2.45, 2.75) is 17.2 Å². The van der Waals surface area contributed by atoms with Crippen LogP contribution in [0.5, 0.6) is 0 Å². The molecular weight excluding hydrogens is 354 g/mol. The highest BCUT2D eigenvalue weighted by molar-refractivity contribution is 9.11. The number of nitrogens with one attached hydrogen (secondary N) is 1. The number of sulfonamides is 1. The van der Waals surface area contributed by atoms with E-state index in [0.29, 0.717) is 6.54 Å². The molecule has 1 aliphatic heterocycles. The first-order valence-corrected chi connectivity index (χ1v) is 8.67. The molecule has 1 fully saturated rings. The molecule has 0 saturated carbocycles. The average molecular weight is 368 g/mol. The molecule has 106 valence electrons. The number of amides is 1. The van der Waals surface area contributed by atoms with Crippen LogP contribution < -0.4 is 11.1 Å². The predicted octanol–water partition coefficient (Wildman–Crippen LogP) is 0.267. The lowest BCUT2D eigenvalue weighted by Crippen LogP contribution is -2.58. The van der Waals surface area contributed by atoms with Crippen LogP contribution in [0.4, 0.5) is 0 Å². The second kappa shape index (κ2) is 5.49. The van der Waals surface area contributed by atoms with Gasteiger partial charge in [-0.25, -0.2) is 8.42 Å². The molecule has 1 saturated heterocycles. The molecular formula is C10H14BrN3O3S2. The van der Waals surface area contributed by atoms with Crippen molar-refractivity contribution in [2.24, 2.45) is 5.73 Å². The van der Waals surface area contributed by atoms with Crippen LogP contribution in [0.2, 0.25) is 0 Å². The van der Waals surface area contributed by atoms with Gasteiger partial charge in [0.25, 0.3) is 10.0 Å². The summed E-state index contributed by atoms with van der Waals surface area (Å²) in [5.74, 6) is -0.636. The number of hydrogen-bond donors (Lipinski definition) is 2. The van der Waals surface area contributed by atoms with Gasteiger partial charge in [0, 0.05) is 19.6 Å². The first kappa shape index (κ1) is 14.9. The molecule has 1 atom stereocenters. The van der Waals surface area contributed by atoms with E-state index in [2.05, 4.69) is 21.2 Å². The third-order valence-corrected chi connectivity index (χ3v) is 7.41. The van der Waals surface area contributed by atoms with Crippen LogP contribution in [0.1, 0.15) is 5.56 Å². The summed E-state index contributed by atoms with van der Waals surface area (Å²) >= 11 is 4.45. The van der Waals surface area contributed by atoms with Gasteiger partial charge in [-0.3, -0.25) is 4.79 Å². The van der Waals surface area contributed by atoms with Crippen LogP contribution in [-0.2, 0) is 14.8 Å². The van der Waals surface area contributed by atoms with Crippen molar-refractivity contribution >= 4 is 43.2 Å². The normalized spacial score (nSPS) is 21.5. The minimum atomic E-state index is -3.68. The SMILES string of the molecule is Cc1cc(S(=O)(=O)N2CCNCC2C(N)=O)sc1Br. The van der Waals surface area contributed by atoms with E-state index < -0.39 is 22.0 Å². The van der Waals surface area contributed by atoms with E-state index in [9.17, 15) is 13.2 Å². The van der Waals surface area contributed by atoms with E-state index in [1.807, 2.05) is 6.92 Å². The molecule has 0 aromatic carbocycles. The van der Waals surface area contributed by atoms with Crippen LogP contribution in [0, 0.1) is 6.92 Å². The molecule has 1 aromatic heterocycles. The van der Waals surface area contributed by atoms with Crippen LogP contribution in [0.3, 0.4) is 0 Å². The van der Waals surface area contributed by atoms with Crippen LogP contribution in [-0.4, -0.2) is 44.3 Å². The third-order valence-electron chi connectivity index (χ3n) is 2.92. The summed E-state index contributed by atoms with van der Waals surface area (Å²) in [7, 11) is -3.68. The predicted molar refractivity (Wildman–Crippen MR) is 76.5 cm³/mol. The van der Waals surface area contributed by atoms with Gasteiger partial charge in [0.15, 0.2) is 0 Å². The highest BCUT2D eigenvalue weighted by Gasteiger charge is 2.37. The Kier molecular flexibility index (Phi) is 4.31. The molecule has 1 aliphatic rings. The molecule has 0 radical (unpaired) electrons. The van der Waals surface area contributed by atoms with Gasteiger partial charge in [0.2, 0.25) is 5.91 Å². The van der Waals surface area contributed by atoms with Gasteiger partial charge in [0.05, 0.1) is 3.79 Å². The maximum Gasteiger partial charge on any atom is 0.253 e. The summed E-state index contributed by atoms with van der Waals surface area (Å²) in [4.78, 5) is 11.4. The van der Waals surface area contributed by atoms with Crippen LogP contribution in [0.15, 0.2) is 14.1 Å². The van der Waals surface area contributed by atoms with Crippen molar-refractivity contribution in [3.8, 4) is 0 Å². The summed E-state index contributed by atoms with van der Waals surface area (Å²) in [6, 6.07) is 0.768. The third kappa shape index (κ3) is 2.84. The Bertz CT molecular complexity index is 580. The van der Waals surface area contributed by atoms with Gasteiger partial charge in [-0.05, 0) is 34.5 Å². The maximum absolute atomic E-state index is 12.5. The second-order valence-corrected chi connectivity index (χ2v) is 8.75. The summed E-state index contributed by atoms with van der Waals surface area (Å²) in [6.45, 7) is 2.82. The number of rotatable bonds is 3. The van der Waals surface area contributed by atoms with Gasteiger partial charge >= 0.3 is 0 Å². The zero-order valence-electron chi connectivity index (χ0n) is 10.2. The number of nitrogens with zero attached hydrogens (tertiary/aromatic N) is 1. The first-order chi connectivity index (χ1) is 8.84. The van der Waals surface area contributed by atoms with Crippen LogP contribution in [0.25, 0.3) is 0 Å². The largest absolute Gasteiger partial charge is 0.368 e. The number of aryl methyl sites for hydroxylation is 1. The molecule has 0 bridgehead atoms. The lowest BCUT2D eigenvalue weighted by atomic mass is 10.2. The molecule has 2 rings (SSSR count). The minimum absolute atomic E-state index is 0.227. The number of primary amides is 1. The number of halogens is 1. The van der Waals surface area contributed by atoms with Crippen molar-refractivity contribution in [1.29, 1.82) is 0 Å². The van der Waals surface area contributed by atoms with E-state index >= 15 is 0 Å². The molecule has 1 unspecified atom stereocenters. The Hall–Kier alpha value is -0.480. The lowest BCUT2D eigenvalue weighted by molar-refractivity contribution is -0.122. The lowest BCUT2D eigenvalue weighted by Gasteiger charge is -2.32. The van der Waals surface area contributed by atoms with Gasteiger partial charge in [-0.15, -0.1) is 11.3 Å². The van der Waals surface area contributed by atoms with Crippen molar-refractivity contribution in [3.05, 3.63) is 15.4 Å². The number of piperazine rings is 1. The Balaban J connectivity index is 2.39. The number of hydrogen-bond acceptors (Lipinski definition) is 5. The summed E-state index contributed by atoms with van der Waals surface area (Å²) < 4.78 is 27.3. The fourth-order valence-electron chi connectivity index (χ4n) is 1.89. The van der Waals surface area contributed by atoms with Gasteiger partial charge in [0.1, 0.15) is 10.3 Å². The molecule has 2 heterocycles. The smallest absolute Gasteiger partial charge is 0.253 e. The second-order valence-electron chi connectivity index (χ2n) is 4.26. The van der Waals surface area contributed by atoms with Crippen molar-refractivity contribution < 1.29 is 13.2 Å². The summed E-state index contributed by atoms with van der Waals surface area (Å²) in [5, 5.41) is 2.97. The van der Waals surface area contributed by atoms with E-state index in [0.717, 1.165) is 20.7 Å².